The molecule has 1 aromatic heterocycles. The van der Waals surface area contributed by atoms with Crippen LogP contribution in [0.4, 0.5) is 5.69 Å². The normalized spacial score (nSPS) is 14.2. The van der Waals surface area contributed by atoms with E-state index in [9.17, 15) is 0 Å². The summed E-state index contributed by atoms with van der Waals surface area (Å²) in [6, 6.07) is 6.32. The van der Waals surface area contributed by atoms with Crippen molar-refractivity contribution < 1.29 is 4.74 Å². The highest BCUT2D eigenvalue weighted by molar-refractivity contribution is 5.58. The highest BCUT2D eigenvalue weighted by Gasteiger charge is 2.19. The third-order valence-electron chi connectivity index (χ3n) is 4.02. The Morgan fingerprint density at radius 1 is 1.30 bits per heavy atom. The van der Waals surface area contributed by atoms with Crippen molar-refractivity contribution in [3.05, 3.63) is 35.4 Å². The molecule has 5 nitrogen and oxygen atoms in total. The summed E-state index contributed by atoms with van der Waals surface area (Å²) in [5, 5.41) is 8.39. The Balaban J connectivity index is 1.88. The van der Waals surface area contributed by atoms with Gasteiger partial charge >= 0.3 is 0 Å². The third kappa shape index (κ3) is 2.24. The second-order valence-corrected chi connectivity index (χ2v) is 5.24. The zero-order valence-electron chi connectivity index (χ0n) is 12.3. The van der Waals surface area contributed by atoms with Gasteiger partial charge in [-0.2, -0.15) is 0 Å². The van der Waals surface area contributed by atoms with Gasteiger partial charge in [-0.05, 0) is 43.5 Å². The van der Waals surface area contributed by atoms with Gasteiger partial charge in [0.25, 0.3) is 0 Å². The topological polar surface area (TPSA) is 43.2 Å². The molecule has 0 atom stereocenters. The number of benzene rings is 1. The first-order valence-corrected chi connectivity index (χ1v) is 6.96. The van der Waals surface area contributed by atoms with Crippen LogP contribution in [-0.2, 0) is 20.0 Å². The molecule has 0 unspecified atom stereocenters. The third-order valence-corrected chi connectivity index (χ3v) is 4.02. The second-order valence-electron chi connectivity index (χ2n) is 5.24. The van der Waals surface area contributed by atoms with Gasteiger partial charge in [-0.25, -0.2) is 0 Å². The van der Waals surface area contributed by atoms with E-state index in [0.717, 1.165) is 43.3 Å². The molecule has 1 aromatic carbocycles. The summed E-state index contributed by atoms with van der Waals surface area (Å²) in [4.78, 5) is 2.38. The van der Waals surface area contributed by atoms with Crippen molar-refractivity contribution in [1.82, 2.24) is 14.8 Å². The first-order valence-electron chi connectivity index (χ1n) is 6.96. The number of nitrogens with zero attached hydrogens (tertiary/aromatic N) is 4. The van der Waals surface area contributed by atoms with Crippen molar-refractivity contribution >= 4 is 5.69 Å². The molecule has 0 radical (unpaired) electrons. The zero-order chi connectivity index (χ0) is 14.1. The number of fused-ring (bicyclic) bond motifs is 1. The van der Waals surface area contributed by atoms with Crippen molar-refractivity contribution in [2.75, 3.05) is 18.6 Å². The van der Waals surface area contributed by atoms with Crippen LogP contribution in [0, 0.1) is 6.92 Å². The molecule has 20 heavy (non-hydrogen) atoms. The molecule has 0 saturated carbocycles. The molecule has 3 rings (SSSR count). The first-order chi connectivity index (χ1) is 9.69. The fourth-order valence-electron chi connectivity index (χ4n) is 2.70. The Labute approximate surface area is 119 Å². The molecule has 0 saturated heterocycles. The van der Waals surface area contributed by atoms with E-state index in [1.165, 1.54) is 11.3 Å². The lowest BCUT2D eigenvalue weighted by atomic mass is 10.0. The minimum atomic E-state index is 0.802. The van der Waals surface area contributed by atoms with Crippen molar-refractivity contribution in [1.29, 1.82) is 0 Å². The van der Waals surface area contributed by atoms with Crippen molar-refractivity contribution in [2.45, 2.75) is 26.3 Å². The first kappa shape index (κ1) is 13.0. The van der Waals surface area contributed by atoms with E-state index >= 15 is 0 Å². The maximum Gasteiger partial charge on any atom is 0.152 e. The number of aromatic nitrogens is 3. The van der Waals surface area contributed by atoms with Crippen LogP contribution in [0.3, 0.4) is 0 Å². The smallest absolute Gasteiger partial charge is 0.152 e. The fraction of sp³-hybridized carbons (Fsp3) is 0.467. The van der Waals surface area contributed by atoms with Gasteiger partial charge in [0, 0.05) is 19.3 Å². The van der Waals surface area contributed by atoms with Gasteiger partial charge in [0.05, 0.1) is 13.7 Å². The van der Waals surface area contributed by atoms with Crippen LogP contribution in [-0.4, -0.2) is 28.4 Å². The summed E-state index contributed by atoms with van der Waals surface area (Å²) < 4.78 is 7.36. The lowest BCUT2D eigenvalue weighted by molar-refractivity contribution is 0.414. The molecular weight excluding hydrogens is 252 g/mol. The van der Waals surface area contributed by atoms with E-state index in [1.54, 1.807) is 7.11 Å². The summed E-state index contributed by atoms with van der Waals surface area (Å²) in [6.07, 6.45) is 2.28. The quantitative estimate of drug-likeness (QED) is 0.858. The molecular formula is C15H20N4O. The van der Waals surface area contributed by atoms with Crippen LogP contribution < -0.4 is 9.64 Å². The number of hydrogen-bond donors (Lipinski definition) is 0. The van der Waals surface area contributed by atoms with Gasteiger partial charge < -0.3 is 14.2 Å². The molecule has 0 amide bonds. The highest BCUT2D eigenvalue weighted by Crippen LogP contribution is 2.31. The average Bonchev–Trinajstić information content (AvgIpc) is 2.79. The van der Waals surface area contributed by atoms with Crippen molar-refractivity contribution in [2.24, 2.45) is 7.05 Å². The summed E-state index contributed by atoms with van der Waals surface area (Å²) in [5.74, 6) is 2.89. The summed E-state index contributed by atoms with van der Waals surface area (Å²) in [6.45, 7) is 3.84. The predicted octanol–water partition coefficient (Wildman–Crippen LogP) is 2.08. The zero-order valence-corrected chi connectivity index (χ0v) is 12.3. The van der Waals surface area contributed by atoms with E-state index in [2.05, 4.69) is 31.8 Å². The molecule has 5 heteroatoms. The van der Waals surface area contributed by atoms with Gasteiger partial charge in [-0.3, -0.25) is 0 Å². The van der Waals surface area contributed by atoms with Crippen molar-refractivity contribution in [3.8, 4) is 5.75 Å². The molecule has 0 aliphatic carbocycles. The van der Waals surface area contributed by atoms with E-state index in [0.29, 0.717) is 0 Å². The van der Waals surface area contributed by atoms with E-state index in [1.807, 2.05) is 20.0 Å². The molecule has 1 aliphatic heterocycles. The van der Waals surface area contributed by atoms with Crippen LogP contribution >= 0.6 is 0 Å². The molecule has 2 heterocycles. The fourth-order valence-corrected chi connectivity index (χ4v) is 2.70. The number of aryl methyl sites for hydroxylation is 2. The minimum Gasteiger partial charge on any atom is -0.497 e. The van der Waals surface area contributed by atoms with Gasteiger partial charge in [0.15, 0.2) is 5.82 Å². The van der Waals surface area contributed by atoms with Gasteiger partial charge in [0.1, 0.15) is 11.6 Å². The minimum absolute atomic E-state index is 0.802. The SMILES string of the molecule is COc1ccc2c(c1)CCCN2Cc1nnc(C)n1C. The highest BCUT2D eigenvalue weighted by atomic mass is 16.5. The molecule has 106 valence electrons. The molecule has 0 bridgehead atoms. The molecule has 0 spiro atoms. The summed E-state index contributed by atoms with van der Waals surface area (Å²) in [7, 11) is 3.73. The van der Waals surface area contributed by atoms with Crippen LogP contribution in [0.2, 0.25) is 0 Å². The van der Waals surface area contributed by atoms with Gasteiger partial charge in [-0.1, -0.05) is 0 Å². The maximum atomic E-state index is 5.31. The summed E-state index contributed by atoms with van der Waals surface area (Å²) >= 11 is 0. The Morgan fingerprint density at radius 3 is 2.85 bits per heavy atom. The Hall–Kier alpha value is -2.04. The van der Waals surface area contributed by atoms with E-state index < -0.39 is 0 Å². The number of hydrogen-bond acceptors (Lipinski definition) is 4. The van der Waals surface area contributed by atoms with E-state index in [-0.39, 0.29) is 0 Å². The second kappa shape index (κ2) is 5.15. The Bertz CT molecular complexity index is 620. The van der Waals surface area contributed by atoms with Crippen LogP contribution in [0.5, 0.6) is 5.75 Å². The van der Waals surface area contributed by atoms with Crippen LogP contribution in [0.1, 0.15) is 23.6 Å². The number of rotatable bonds is 3. The van der Waals surface area contributed by atoms with Crippen LogP contribution in [0.15, 0.2) is 18.2 Å². The Morgan fingerprint density at radius 2 is 2.15 bits per heavy atom. The van der Waals surface area contributed by atoms with Gasteiger partial charge in [0.2, 0.25) is 0 Å². The Kier molecular flexibility index (Phi) is 3.34. The molecule has 0 N–H and O–H groups in total. The largest absolute Gasteiger partial charge is 0.497 e. The number of anilines is 1. The standard InChI is InChI=1S/C15H20N4O/c1-11-16-17-15(18(11)2)10-19-8-4-5-12-9-13(20-3)6-7-14(12)19/h6-7,9H,4-5,8,10H2,1-3H3. The molecule has 0 fully saturated rings. The summed E-state index contributed by atoms with van der Waals surface area (Å²) in [5.41, 5.74) is 2.65. The lowest BCUT2D eigenvalue weighted by Gasteiger charge is -2.31. The number of methoxy groups -OCH3 is 1. The molecule has 2 aromatic rings. The van der Waals surface area contributed by atoms with Crippen molar-refractivity contribution in [3.63, 3.8) is 0 Å². The lowest BCUT2D eigenvalue weighted by Crippen LogP contribution is -2.30. The predicted molar refractivity (Wildman–Crippen MR) is 78.1 cm³/mol. The average molecular weight is 272 g/mol. The number of ether oxygens (including phenoxy) is 1. The van der Waals surface area contributed by atoms with Gasteiger partial charge in [-0.15, -0.1) is 10.2 Å². The van der Waals surface area contributed by atoms with Crippen LogP contribution in [0.25, 0.3) is 0 Å². The monoisotopic (exact) mass is 272 g/mol. The van der Waals surface area contributed by atoms with E-state index in [4.69, 9.17) is 4.74 Å². The maximum absolute atomic E-state index is 5.31. The molecule has 1 aliphatic rings.